The zero-order valence-electron chi connectivity index (χ0n) is 22.1. The molecule has 0 aliphatic carbocycles. The first-order valence-corrected chi connectivity index (χ1v) is 13.8. The summed E-state index contributed by atoms with van der Waals surface area (Å²) in [6, 6.07) is 6.49. The fraction of sp³-hybridized carbons (Fsp3) is 0.679. The maximum absolute atomic E-state index is 12.5. The minimum atomic E-state index is -4.55. The standard InChI is InChI=1S/C28H42F3N3O3/c1-2-3-4-5-6-7-8-9-10-11-12-13-14-15-20-37-24-18-16-23(17-19-24)27(36)32-25-21-26(35)34(33-25)22-28(29,30)31/h16-19H,2-15,20-22H2,1H3,(H,32,33,36). The van der Waals surface area contributed by atoms with E-state index in [1.54, 1.807) is 24.3 Å². The van der Waals surface area contributed by atoms with Gasteiger partial charge in [-0.2, -0.15) is 18.3 Å². The van der Waals surface area contributed by atoms with E-state index < -0.39 is 24.5 Å². The quantitative estimate of drug-likeness (QED) is 0.203. The van der Waals surface area contributed by atoms with Gasteiger partial charge < -0.3 is 10.1 Å². The van der Waals surface area contributed by atoms with Crippen LogP contribution in [0.3, 0.4) is 0 Å². The van der Waals surface area contributed by atoms with E-state index in [1.165, 1.54) is 77.0 Å². The van der Waals surface area contributed by atoms with Crippen molar-refractivity contribution < 1.29 is 27.5 Å². The molecule has 1 aliphatic heterocycles. The number of hydrogen-bond donors (Lipinski definition) is 1. The van der Waals surface area contributed by atoms with E-state index in [-0.39, 0.29) is 12.3 Å². The molecule has 0 atom stereocenters. The normalized spacial score (nSPS) is 13.7. The number of amides is 2. The first-order chi connectivity index (χ1) is 17.8. The Morgan fingerprint density at radius 2 is 1.41 bits per heavy atom. The number of carbonyl (C=O) groups excluding carboxylic acids is 2. The Kier molecular flexibility index (Phi) is 14.1. The van der Waals surface area contributed by atoms with Crippen LogP contribution in [0.5, 0.6) is 5.75 Å². The summed E-state index contributed by atoms with van der Waals surface area (Å²) in [6.45, 7) is 1.39. The van der Waals surface area contributed by atoms with Crippen LogP contribution in [0.15, 0.2) is 29.4 Å². The molecule has 2 amide bonds. The van der Waals surface area contributed by atoms with Crippen molar-refractivity contribution in [2.45, 2.75) is 109 Å². The Morgan fingerprint density at radius 3 is 1.92 bits per heavy atom. The number of benzene rings is 1. The summed E-state index contributed by atoms with van der Waals surface area (Å²) in [6.07, 6.45) is 13.3. The largest absolute Gasteiger partial charge is 0.494 e. The van der Waals surface area contributed by atoms with Gasteiger partial charge in [-0.15, -0.1) is 0 Å². The summed E-state index contributed by atoms with van der Waals surface area (Å²) in [7, 11) is 0. The number of hydrogen-bond acceptors (Lipinski definition) is 4. The third-order valence-electron chi connectivity index (χ3n) is 6.32. The Hall–Kier alpha value is -2.58. The summed E-state index contributed by atoms with van der Waals surface area (Å²) >= 11 is 0. The van der Waals surface area contributed by atoms with Crippen LogP contribution in [-0.2, 0) is 4.79 Å². The van der Waals surface area contributed by atoms with Crippen LogP contribution in [0.4, 0.5) is 13.2 Å². The maximum Gasteiger partial charge on any atom is 0.408 e. The van der Waals surface area contributed by atoms with E-state index in [0.717, 1.165) is 12.8 Å². The Morgan fingerprint density at radius 1 is 0.892 bits per heavy atom. The van der Waals surface area contributed by atoms with Gasteiger partial charge in [0.1, 0.15) is 18.1 Å². The molecule has 1 heterocycles. The molecule has 1 aliphatic rings. The summed E-state index contributed by atoms with van der Waals surface area (Å²) in [5.41, 5.74) is 0.299. The number of alkyl halides is 3. The number of nitrogens with zero attached hydrogens (tertiary/aromatic N) is 2. The Bertz CT molecular complexity index is 841. The van der Waals surface area contributed by atoms with E-state index in [4.69, 9.17) is 4.74 Å². The maximum atomic E-state index is 12.5. The third kappa shape index (κ3) is 13.5. The lowest BCUT2D eigenvalue weighted by Gasteiger charge is -2.13. The van der Waals surface area contributed by atoms with Crippen LogP contribution in [0, 0.1) is 0 Å². The van der Waals surface area contributed by atoms with Crippen LogP contribution >= 0.6 is 0 Å². The second-order valence-electron chi connectivity index (χ2n) is 9.71. The van der Waals surface area contributed by atoms with Gasteiger partial charge in [0.25, 0.3) is 11.8 Å². The molecular formula is C28H42F3N3O3. The number of unbranched alkanes of at least 4 members (excludes halogenated alkanes) is 13. The minimum Gasteiger partial charge on any atom is -0.494 e. The van der Waals surface area contributed by atoms with Gasteiger partial charge in [0, 0.05) is 5.56 Å². The van der Waals surface area contributed by atoms with Crippen molar-refractivity contribution in [1.82, 2.24) is 10.3 Å². The zero-order chi connectivity index (χ0) is 26.9. The molecule has 9 heteroatoms. The predicted octanol–water partition coefficient (Wildman–Crippen LogP) is 7.38. The number of ether oxygens (including phenoxy) is 1. The molecule has 6 nitrogen and oxygen atoms in total. The molecule has 1 N–H and O–H groups in total. The predicted molar refractivity (Wildman–Crippen MR) is 140 cm³/mol. The Labute approximate surface area is 219 Å². The van der Waals surface area contributed by atoms with Crippen LogP contribution in [0.2, 0.25) is 0 Å². The molecule has 1 aromatic rings. The van der Waals surface area contributed by atoms with E-state index in [1.807, 2.05) is 0 Å². The van der Waals surface area contributed by atoms with Crippen LogP contribution in [-0.4, -0.2) is 42.0 Å². The van der Waals surface area contributed by atoms with E-state index >= 15 is 0 Å². The van der Waals surface area contributed by atoms with E-state index in [0.29, 0.717) is 22.9 Å². The summed E-state index contributed by atoms with van der Waals surface area (Å²) in [5.74, 6) is -0.799. The Balaban J connectivity index is 1.52. The lowest BCUT2D eigenvalue weighted by atomic mass is 10.0. The summed E-state index contributed by atoms with van der Waals surface area (Å²) < 4.78 is 43.2. The summed E-state index contributed by atoms with van der Waals surface area (Å²) in [4.78, 5) is 24.0. The number of amidine groups is 1. The van der Waals surface area contributed by atoms with Gasteiger partial charge in [-0.25, -0.2) is 5.01 Å². The number of carbonyl (C=O) groups is 2. The lowest BCUT2D eigenvalue weighted by molar-refractivity contribution is -0.159. The van der Waals surface area contributed by atoms with Gasteiger partial charge in [-0.05, 0) is 30.7 Å². The fourth-order valence-corrected chi connectivity index (χ4v) is 4.23. The smallest absolute Gasteiger partial charge is 0.408 e. The molecule has 208 valence electrons. The van der Waals surface area contributed by atoms with E-state index in [2.05, 4.69) is 17.3 Å². The second kappa shape index (κ2) is 17.0. The van der Waals surface area contributed by atoms with Crippen molar-refractivity contribution in [2.24, 2.45) is 5.10 Å². The molecule has 1 aromatic carbocycles. The number of halogens is 3. The number of rotatable bonds is 18. The molecule has 0 spiro atoms. The van der Waals surface area contributed by atoms with Crippen LogP contribution in [0.25, 0.3) is 0 Å². The first-order valence-electron chi connectivity index (χ1n) is 13.8. The topological polar surface area (TPSA) is 71.0 Å². The van der Waals surface area contributed by atoms with Gasteiger partial charge in [0.2, 0.25) is 0 Å². The molecule has 2 rings (SSSR count). The molecule has 0 bridgehead atoms. The van der Waals surface area contributed by atoms with Gasteiger partial charge in [-0.1, -0.05) is 90.4 Å². The monoisotopic (exact) mass is 525 g/mol. The lowest BCUT2D eigenvalue weighted by Crippen LogP contribution is -2.32. The highest BCUT2D eigenvalue weighted by Crippen LogP contribution is 2.20. The van der Waals surface area contributed by atoms with Gasteiger partial charge in [-0.3, -0.25) is 9.59 Å². The molecule has 0 saturated heterocycles. The van der Waals surface area contributed by atoms with Crippen molar-refractivity contribution in [2.75, 3.05) is 13.2 Å². The zero-order valence-corrected chi connectivity index (χ0v) is 22.1. The first kappa shape index (κ1) is 30.6. The molecule has 37 heavy (non-hydrogen) atoms. The third-order valence-corrected chi connectivity index (χ3v) is 6.32. The second-order valence-corrected chi connectivity index (χ2v) is 9.71. The molecule has 0 fully saturated rings. The molecule has 0 saturated carbocycles. The number of nitrogens with one attached hydrogen (secondary N) is 1. The van der Waals surface area contributed by atoms with Crippen molar-refractivity contribution >= 4 is 17.6 Å². The van der Waals surface area contributed by atoms with E-state index in [9.17, 15) is 22.8 Å². The minimum absolute atomic E-state index is 0.0996. The average Bonchev–Trinajstić information content (AvgIpc) is 3.18. The molecule has 0 radical (unpaired) electrons. The average molecular weight is 526 g/mol. The highest BCUT2D eigenvalue weighted by atomic mass is 19.4. The summed E-state index contributed by atoms with van der Waals surface area (Å²) in [5, 5.41) is 6.29. The van der Waals surface area contributed by atoms with Gasteiger partial charge >= 0.3 is 6.18 Å². The van der Waals surface area contributed by atoms with Gasteiger partial charge in [0.05, 0.1) is 13.0 Å². The highest BCUT2D eigenvalue weighted by molar-refractivity contribution is 6.13. The van der Waals surface area contributed by atoms with Gasteiger partial charge in [0.15, 0.2) is 0 Å². The fourth-order valence-electron chi connectivity index (χ4n) is 4.23. The highest BCUT2D eigenvalue weighted by Gasteiger charge is 2.36. The van der Waals surface area contributed by atoms with Crippen LogP contribution in [0.1, 0.15) is 114 Å². The molecule has 0 unspecified atom stereocenters. The SMILES string of the molecule is CCCCCCCCCCCCCCCCOc1ccc(C(=O)NC2=NN(CC(F)(F)F)C(=O)C2)cc1. The molecular weight excluding hydrogens is 483 g/mol. The van der Waals surface area contributed by atoms with Crippen molar-refractivity contribution in [1.29, 1.82) is 0 Å². The van der Waals surface area contributed by atoms with Crippen LogP contribution < -0.4 is 10.1 Å². The van der Waals surface area contributed by atoms with Crippen molar-refractivity contribution in [3.05, 3.63) is 29.8 Å². The molecule has 0 aromatic heterocycles. The number of hydrazone groups is 1. The van der Waals surface area contributed by atoms with Crippen molar-refractivity contribution in [3.63, 3.8) is 0 Å². The van der Waals surface area contributed by atoms with Crippen molar-refractivity contribution in [3.8, 4) is 5.75 Å².